The summed E-state index contributed by atoms with van der Waals surface area (Å²) in [4.78, 5) is 0. The molecule has 0 radical (unpaired) electrons. The molecule has 0 spiro atoms. The van der Waals surface area contributed by atoms with Gasteiger partial charge >= 0.3 is 0 Å². The van der Waals surface area contributed by atoms with Crippen LogP contribution < -0.4 is 0 Å². The largest absolute Gasteiger partial charge is 0.269 e. The molecule has 2 aliphatic rings. The van der Waals surface area contributed by atoms with Crippen molar-refractivity contribution < 1.29 is 4.70 Å². The van der Waals surface area contributed by atoms with E-state index >= 15 is 0 Å². The van der Waals surface area contributed by atoms with Crippen molar-refractivity contribution in [3.63, 3.8) is 0 Å². The number of halogens is 1. The number of hydrogen-bond acceptors (Lipinski definition) is 0. The van der Waals surface area contributed by atoms with Gasteiger partial charge in [-0.2, -0.15) is 0 Å². The Morgan fingerprint density at radius 3 is 2.25 bits per heavy atom. The van der Waals surface area contributed by atoms with Gasteiger partial charge in [0.2, 0.25) is 0 Å². The molecular formula is C11H19F. The molecule has 70 valence electrons. The molecule has 0 heterocycles. The maximum absolute atomic E-state index is 2.37. The van der Waals surface area contributed by atoms with Crippen LogP contribution in [0.2, 0.25) is 0 Å². The highest BCUT2D eigenvalue weighted by Gasteiger charge is 2.29. The van der Waals surface area contributed by atoms with Crippen molar-refractivity contribution in [3.8, 4) is 0 Å². The van der Waals surface area contributed by atoms with Crippen molar-refractivity contribution >= 4 is 0 Å². The van der Waals surface area contributed by atoms with E-state index in [9.17, 15) is 0 Å². The molecule has 12 heavy (non-hydrogen) atoms. The van der Waals surface area contributed by atoms with E-state index in [4.69, 9.17) is 0 Å². The Morgan fingerprint density at radius 2 is 2.00 bits per heavy atom. The van der Waals surface area contributed by atoms with Gasteiger partial charge in [-0.15, -0.1) is 0 Å². The average Bonchev–Trinajstić information content (AvgIpc) is 2.67. The lowest BCUT2D eigenvalue weighted by Gasteiger charge is -2.05. The first-order valence-electron chi connectivity index (χ1n) is 4.73. The van der Waals surface area contributed by atoms with Crippen molar-refractivity contribution in [2.75, 3.05) is 0 Å². The highest BCUT2D eigenvalue weighted by atomic mass is 19.0. The highest BCUT2D eigenvalue weighted by molar-refractivity contribution is 5.26. The maximum Gasteiger partial charge on any atom is -0.00174 e. The van der Waals surface area contributed by atoms with Gasteiger partial charge < -0.3 is 0 Å². The number of rotatable bonds is 0. The summed E-state index contributed by atoms with van der Waals surface area (Å²) < 4.78 is 0. The Morgan fingerprint density at radius 1 is 1.33 bits per heavy atom. The molecule has 2 bridgehead atoms. The quantitative estimate of drug-likeness (QED) is 0.486. The van der Waals surface area contributed by atoms with Crippen LogP contribution in [0.25, 0.3) is 0 Å². The first-order valence-corrected chi connectivity index (χ1v) is 4.73. The first-order chi connectivity index (χ1) is 5.40. The van der Waals surface area contributed by atoms with Crippen LogP contribution in [-0.2, 0) is 0 Å². The molecule has 1 saturated carbocycles. The molecule has 0 aromatic rings. The second-order valence-electron chi connectivity index (χ2n) is 3.05. The van der Waals surface area contributed by atoms with Gasteiger partial charge in [-0.3, -0.25) is 4.70 Å². The van der Waals surface area contributed by atoms with Crippen LogP contribution in [0.15, 0.2) is 23.8 Å². The lowest BCUT2D eigenvalue weighted by Crippen LogP contribution is -1.90. The van der Waals surface area contributed by atoms with E-state index in [-0.39, 0.29) is 4.70 Å². The fourth-order valence-electron chi connectivity index (χ4n) is 1.99. The van der Waals surface area contributed by atoms with Crippen molar-refractivity contribution in [2.24, 2.45) is 11.8 Å². The summed E-state index contributed by atoms with van der Waals surface area (Å²) >= 11 is 0. The topological polar surface area (TPSA) is 0 Å². The van der Waals surface area contributed by atoms with Gasteiger partial charge in [0.1, 0.15) is 0 Å². The summed E-state index contributed by atoms with van der Waals surface area (Å²) in [5.41, 5.74) is 1.67. The van der Waals surface area contributed by atoms with E-state index < -0.39 is 0 Å². The second kappa shape index (κ2) is 5.13. The van der Waals surface area contributed by atoms with Crippen molar-refractivity contribution in [3.05, 3.63) is 23.8 Å². The molecular weight excluding hydrogens is 151 g/mol. The highest BCUT2D eigenvalue weighted by Crippen LogP contribution is 2.42. The van der Waals surface area contributed by atoms with Gasteiger partial charge in [0, 0.05) is 0 Å². The fraction of sp³-hybridized carbons (Fsp3) is 0.636. The average molecular weight is 170 g/mol. The van der Waals surface area contributed by atoms with Crippen LogP contribution in [0.4, 0.5) is 4.70 Å². The van der Waals surface area contributed by atoms with Crippen LogP contribution in [-0.4, -0.2) is 0 Å². The van der Waals surface area contributed by atoms with E-state index in [1.807, 2.05) is 13.8 Å². The van der Waals surface area contributed by atoms with Gasteiger partial charge in [-0.1, -0.05) is 37.6 Å². The third-order valence-corrected chi connectivity index (χ3v) is 2.52. The lowest BCUT2D eigenvalue weighted by atomic mass is 10.0. The minimum absolute atomic E-state index is 0. The van der Waals surface area contributed by atoms with Gasteiger partial charge in [-0.25, -0.2) is 0 Å². The molecule has 0 N–H and O–H groups in total. The zero-order valence-electron chi connectivity index (χ0n) is 8.21. The normalized spacial score (nSPS) is 32.8. The minimum atomic E-state index is 0. The number of allylic oxidation sites excluding steroid dienone is 4. The van der Waals surface area contributed by atoms with Gasteiger partial charge in [0.05, 0.1) is 0 Å². The Hall–Kier alpha value is -0.590. The number of fused-ring (bicyclic) bond motifs is 2. The predicted octanol–water partition coefficient (Wildman–Crippen LogP) is 3.71. The summed E-state index contributed by atoms with van der Waals surface area (Å²) in [6.07, 6.45) is 9.77. The maximum atomic E-state index is 2.37. The predicted molar refractivity (Wildman–Crippen MR) is 53.0 cm³/mol. The number of hydrogen-bond donors (Lipinski definition) is 0. The standard InChI is InChI=1S/C9H12.C2H6.FH/c1-2-8-5-7-3-4-9(8)6-7;1-2;/h2-4,7,9H,5-6H2,1H3;1-2H3;1H/b8-2-;;. The molecule has 0 nitrogen and oxygen atoms in total. The molecule has 2 aliphatic carbocycles. The smallest absolute Gasteiger partial charge is 0.00174 e. The van der Waals surface area contributed by atoms with Crippen LogP contribution >= 0.6 is 0 Å². The van der Waals surface area contributed by atoms with E-state index in [2.05, 4.69) is 25.2 Å². The molecule has 0 aliphatic heterocycles. The molecule has 0 aromatic carbocycles. The summed E-state index contributed by atoms with van der Waals surface area (Å²) in [5, 5.41) is 0. The Kier molecular flexibility index (Phi) is 4.87. The van der Waals surface area contributed by atoms with Crippen LogP contribution in [0.3, 0.4) is 0 Å². The van der Waals surface area contributed by atoms with Gasteiger partial charge in [0.15, 0.2) is 0 Å². The molecule has 0 amide bonds. The van der Waals surface area contributed by atoms with Crippen molar-refractivity contribution in [2.45, 2.75) is 33.6 Å². The fourth-order valence-corrected chi connectivity index (χ4v) is 1.99. The third kappa shape index (κ3) is 1.96. The monoisotopic (exact) mass is 170 g/mol. The summed E-state index contributed by atoms with van der Waals surface area (Å²) in [6.45, 7) is 6.16. The summed E-state index contributed by atoms with van der Waals surface area (Å²) in [7, 11) is 0. The van der Waals surface area contributed by atoms with Gasteiger partial charge in [-0.05, 0) is 31.6 Å². The molecule has 1 heteroatoms. The third-order valence-electron chi connectivity index (χ3n) is 2.52. The second-order valence-corrected chi connectivity index (χ2v) is 3.05. The van der Waals surface area contributed by atoms with Crippen LogP contribution in [0.5, 0.6) is 0 Å². The molecule has 1 fully saturated rings. The van der Waals surface area contributed by atoms with E-state index in [0.717, 1.165) is 11.8 Å². The minimum Gasteiger partial charge on any atom is -0.269 e. The lowest BCUT2D eigenvalue weighted by molar-refractivity contribution is 0.693. The molecule has 0 saturated heterocycles. The van der Waals surface area contributed by atoms with Crippen molar-refractivity contribution in [1.29, 1.82) is 0 Å². The first kappa shape index (κ1) is 11.4. The van der Waals surface area contributed by atoms with Crippen molar-refractivity contribution in [1.82, 2.24) is 0 Å². The molecule has 0 aromatic heterocycles. The van der Waals surface area contributed by atoms with E-state index in [1.54, 1.807) is 5.57 Å². The summed E-state index contributed by atoms with van der Waals surface area (Å²) in [5.74, 6) is 1.74. The van der Waals surface area contributed by atoms with E-state index in [0.29, 0.717) is 0 Å². The Labute approximate surface area is 74.7 Å². The molecule has 2 atom stereocenters. The van der Waals surface area contributed by atoms with E-state index in [1.165, 1.54) is 12.8 Å². The van der Waals surface area contributed by atoms with Crippen LogP contribution in [0.1, 0.15) is 33.6 Å². The zero-order valence-corrected chi connectivity index (χ0v) is 8.21. The molecule has 2 unspecified atom stereocenters. The van der Waals surface area contributed by atoms with Crippen LogP contribution in [0, 0.1) is 11.8 Å². The SMILES string of the molecule is C/C=C1/CC2C=CC1C2.CC.F. The molecule has 2 rings (SSSR count). The Bertz CT molecular complexity index is 179. The zero-order chi connectivity index (χ0) is 8.27. The Balaban J connectivity index is 0.000000378. The summed E-state index contributed by atoms with van der Waals surface area (Å²) in [6, 6.07) is 0. The van der Waals surface area contributed by atoms with Gasteiger partial charge in [0.25, 0.3) is 0 Å².